The summed E-state index contributed by atoms with van der Waals surface area (Å²) in [6, 6.07) is 12.1. The molecule has 0 radical (unpaired) electrons. The molecule has 0 saturated heterocycles. The molecule has 0 aliphatic carbocycles. The van der Waals surface area contributed by atoms with Gasteiger partial charge in [-0.05, 0) is 42.3 Å². The first-order valence-electron chi connectivity index (χ1n) is 8.00. The minimum atomic E-state index is -3.37. The molecule has 3 aromatic rings. The van der Waals surface area contributed by atoms with E-state index in [0.29, 0.717) is 23.4 Å². The van der Waals surface area contributed by atoms with E-state index in [4.69, 9.17) is 0 Å². The van der Waals surface area contributed by atoms with E-state index in [9.17, 15) is 13.2 Å². The Labute approximate surface area is 152 Å². The predicted octanol–water partition coefficient (Wildman–Crippen LogP) is 2.90. The van der Waals surface area contributed by atoms with Crippen LogP contribution in [-0.2, 0) is 16.4 Å². The normalized spacial score (nSPS) is 11.3. The summed E-state index contributed by atoms with van der Waals surface area (Å²) in [5, 5.41) is 2.84. The number of amides is 1. The number of aryl methyl sites for hydroxylation is 1. The zero-order valence-electron chi connectivity index (χ0n) is 14.5. The van der Waals surface area contributed by atoms with E-state index in [1.165, 1.54) is 12.1 Å². The number of nitrogens with one attached hydrogen (secondary N) is 1. The van der Waals surface area contributed by atoms with Crippen molar-refractivity contribution in [2.45, 2.75) is 18.4 Å². The summed E-state index contributed by atoms with van der Waals surface area (Å²) in [5.74, 6) is -0.340. The van der Waals surface area contributed by atoms with Crippen molar-refractivity contribution in [3.63, 3.8) is 0 Å². The van der Waals surface area contributed by atoms with Gasteiger partial charge in [-0.1, -0.05) is 18.2 Å². The number of sulfone groups is 1. The number of nitrogens with zero attached hydrogens (tertiary/aromatic N) is 2. The van der Waals surface area contributed by atoms with Crippen LogP contribution in [0, 0.1) is 6.92 Å². The Morgan fingerprint density at radius 1 is 1.19 bits per heavy atom. The lowest BCUT2D eigenvalue weighted by molar-refractivity contribution is 0.102. The highest BCUT2D eigenvalue weighted by Crippen LogP contribution is 2.18. The zero-order valence-corrected chi connectivity index (χ0v) is 15.3. The van der Waals surface area contributed by atoms with E-state index >= 15 is 0 Å². The van der Waals surface area contributed by atoms with Gasteiger partial charge in [0, 0.05) is 36.4 Å². The summed E-state index contributed by atoms with van der Waals surface area (Å²) < 4.78 is 25.4. The van der Waals surface area contributed by atoms with E-state index in [1.807, 2.05) is 29.0 Å². The lowest BCUT2D eigenvalue weighted by Crippen LogP contribution is -2.14. The molecule has 2 aromatic carbocycles. The van der Waals surface area contributed by atoms with Gasteiger partial charge in [-0.25, -0.2) is 13.4 Å². The molecule has 1 N–H and O–H groups in total. The average Bonchev–Trinajstić information content (AvgIpc) is 3.07. The molecule has 134 valence electrons. The highest BCUT2D eigenvalue weighted by atomic mass is 32.2. The highest BCUT2D eigenvalue weighted by molar-refractivity contribution is 7.90. The van der Waals surface area contributed by atoms with Gasteiger partial charge in [0.05, 0.1) is 11.2 Å². The Kier molecular flexibility index (Phi) is 4.90. The van der Waals surface area contributed by atoms with Crippen LogP contribution < -0.4 is 5.32 Å². The third kappa shape index (κ3) is 4.18. The van der Waals surface area contributed by atoms with Gasteiger partial charge in [-0.15, -0.1) is 0 Å². The molecule has 1 heterocycles. The number of hydrogen-bond acceptors (Lipinski definition) is 4. The maximum atomic E-state index is 12.6. The molecule has 0 bridgehead atoms. The van der Waals surface area contributed by atoms with E-state index in [0.717, 1.165) is 11.8 Å². The van der Waals surface area contributed by atoms with Crippen LogP contribution in [0.3, 0.4) is 0 Å². The second kappa shape index (κ2) is 7.13. The molecular formula is C19H19N3O3S. The predicted molar refractivity (Wildman–Crippen MR) is 100 cm³/mol. The van der Waals surface area contributed by atoms with E-state index in [2.05, 4.69) is 10.3 Å². The van der Waals surface area contributed by atoms with Gasteiger partial charge < -0.3 is 9.88 Å². The molecule has 1 amide bonds. The molecule has 0 aliphatic rings. The van der Waals surface area contributed by atoms with Crippen LogP contribution in [0.15, 0.2) is 66.1 Å². The number of benzene rings is 2. The topological polar surface area (TPSA) is 81.1 Å². The number of carbonyl (C=O) groups is 1. The molecule has 7 heteroatoms. The molecule has 0 fully saturated rings. The second-order valence-electron chi connectivity index (χ2n) is 6.14. The van der Waals surface area contributed by atoms with Crippen molar-refractivity contribution in [1.82, 2.24) is 9.55 Å². The SMILES string of the molecule is Cc1ccc(S(C)(=O)=O)cc1C(=O)Nc1cccc(Cn2ccnc2)c1. The molecule has 0 atom stereocenters. The Bertz CT molecular complexity index is 1040. The third-order valence-electron chi connectivity index (χ3n) is 3.99. The van der Waals surface area contributed by atoms with Gasteiger partial charge in [0.1, 0.15) is 0 Å². The number of aromatic nitrogens is 2. The number of rotatable bonds is 5. The summed E-state index contributed by atoms with van der Waals surface area (Å²) in [5.41, 5.74) is 2.72. The van der Waals surface area contributed by atoms with Gasteiger partial charge in [-0.2, -0.15) is 0 Å². The summed E-state index contributed by atoms with van der Waals surface area (Å²) in [4.78, 5) is 16.8. The van der Waals surface area contributed by atoms with Gasteiger partial charge >= 0.3 is 0 Å². The quantitative estimate of drug-likeness (QED) is 0.750. The monoisotopic (exact) mass is 369 g/mol. The molecule has 0 spiro atoms. The van der Waals surface area contributed by atoms with Crippen LogP contribution in [0.4, 0.5) is 5.69 Å². The van der Waals surface area contributed by atoms with E-state index < -0.39 is 9.84 Å². The van der Waals surface area contributed by atoms with Gasteiger partial charge in [-0.3, -0.25) is 4.79 Å². The van der Waals surface area contributed by atoms with Gasteiger partial charge in [0.25, 0.3) is 5.91 Å². The largest absolute Gasteiger partial charge is 0.333 e. The first-order chi connectivity index (χ1) is 12.3. The van der Waals surface area contributed by atoms with Crippen LogP contribution in [0.1, 0.15) is 21.5 Å². The minimum absolute atomic E-state index is 0.127. The lowest BCUT2D eigenvalue weighted by atomic mass is 10.1. The third-order valence-corrected chi connectivity index (χ3v) is 5.10. The Hall–Kier alpha value is -2.93. The van der Waals surface area contributed by atoms with Crippen LogP contribution in [0.2, 0.25) is 0 Å². The van der Waals surface area contributed by atoms with Crippen molar-refractivity contribution in [1.29, 1.82) is 0 Å². The van der Waals surface area contributed by atoms with E-state index in [-0.39, 0.29) is 10.8 Å². The van der Waals surface area contributed by atoms with Crippen molar-refractivity contribution in [3.05, 3.63) is 77.9 Å². The fourth-order valence-electron chi connectivity index (χ4n) is 2.61. The first-order valence-corrected chi connectivity index (χ1v) is 9.89. The molecular weight excluding hydrogens is 350 g/mol. The fraction of sp³-hybridized carbons (Fsp3) is 0.158. The maximum Gasteiger partial charge on any atom is 0.255 e. The smallest absolute Gasteiger partial charge is 0.255 e. The van der Waals surface area contributed by atoms with Gasteiger partial charge in [0.2, 0.25) is 0 Å². The zero-order chi connectivity index (χ0) is 18.7. The minimum Gasteiger partial charge on any atom is -0.333 e. The standard InChI is InChI=1S/C19H19N3O3S/c1-14-6-7-17(26(2,24)25)11-18(14)19(23)21-16-5-3-4-15(10-16)12-22-9-8-20-13-22/h3-11,13H,12H2,1-2H3,(H,21,23). The molecule has 6 nitrogen and oxygen atoms in total. The maximum absolute atomic E-state index is 12.6. The van der Waals surface area contributed by atoms with Crippen molar-refractivity contribution in [2.75, 3.05) is 11.6 Å². The van der Waals surface area contributed by atoms with Crippen molar-refractivity contribution in [3.8, 4) is 0 Å². The fourth-order valence-corrected chi connectivity index (χ4v) is 3.26. The van der Waals surface area contributed by atoms with Crippen LogP contribution in [0.5, 0.6) is 0 Å². The Balaban J connectivity index is 1.82. The number of hydrogen-bond donors (Lipinski definition) is 1. The first kappa shape index (κ1) is 17.9. The van der Waals surface area contributed by atoms with Crippen LogP contribution in [0.25, 0.3) is 0 Å². The molecule has 0 aliphatic heterocycles. The number of imidazole rings is 1. The summed E-state index contributed by atoms with van der Waals surface area (Å²) in [7, 11) is -3.37. The number of anilines is 1. The van der Waals surface area contributed by atoms with Crippen LogP contribution >= 0.6 is 0 Å². The Morgan fingerprint density at radius 2 is 2.00 bits per heavy atom. The second-order valence-corrected chi connectivity index (χ2v) is 8.15. The Morgan fingerprint density at radius 3 is 2.69 bits per heavy atom. The summed E-state index contributed by atoms with van der Waals surface area (Å²) >= 11 is 0. The molecule has 26 heavy (non-hydrogen) atoms. The molecule has 3 rings (SSSR count). The lowest BCUT2D eigenvalue weighted by Gasteiger charge is -2.11. The summed E-state index contributed by atoms with van der Waals surface area (Å²) in [6.45, 7) is 2.42. The summed E-state index contributed by atoms with van der Waals surface area (Å²) in [6.07, 6.45) is 6.43. The molecule has 0 unspecified atom stereocenters. The van der Waals surface area contributed by atoms with Crippen molar-refractivity contribution < 1.29 is 13.2 Å². The highest BCUT2D eigenvalue weighted by Gasteiger charge is 2.14. The van der Waals surface area contributed by atoms with Crippen LogP contribution in [-0.4, -0.2) is 30.1 Å². The molecule has 1 aromatic heterocycles. The van der Waals surface area contributed by atoms with Gasteiger partial charge in [0.15, 0.2) is 9.84 Å². The van der Waals surface area contributed by atoms with Crippen molar-refractivity contribution in [2.24, 2.45) is 0 Å². The number of carbonyl (C=O) groups excluding carboxylic acids is 1. The molecule has 0 saturated carbocycles. The van der Waals surface area contributed by atoms with E-state index in [1.54, 1.807) is 31.6 Å². The van der Waals surface area contributed by atoms with Crippen molar-refractivity contribution >= 4 is 21.4 Å². The average molecular weight is 369 g/mol.